The summed E-state index contributed by atoms with van der Waals surface area (Å²) in [4.78, 5) is 12.8. The van der Waals surface area contributed by atoms with Crippen molar-refractivity contribution in [2.24, 2.45) is 5.92 Å². The van der Waals surface area contributed by atoms with Gasteiger partial charge in [-0.2, -0.15) is 0 Å². The van der Waals surface area contributed by atoms with Gasteiger partial charge >= 0.3 is 5.97 Å². The first-order valence-electron chi connectivity index (χ1n) is 7.42. The van der Waals surface area contributed by atoms with E-state index in [-0.39, 0.29) is 6.42 Å². The van der Waals surface area contributed by atoms with Gasteiger partial charge in [0.2, 0.25) is 0 Å². The van der Waals surface area contributed by atoms with Crippen molar-refractivity contribution in [3.63, 3.8) is 0 Å². The minimum Gasteiger partial charge on any atom is -0.481 e. The van der Waals surface area contributed by atoms with Crippen LogP contribution in [-0.4, -0.2) is 35.6 Å². The molecule has 1 aromatic rings. The third-order valence-electron chi connectivity index (χ3n) is 4.07. The van der Waals surface area contributed by atoms with Crippen molar-refractivity contribution in [2.45, 2.75) is 32.1 Å². The van der Waals surface area contributed by atoms with E-state index in [0.29, 0.717) is 12.5 Å². The number of hydrogen-bond acceptors (Lipinski definition) is 2. The van der Waals surface area contributed by atoms with Gasteiger partial charge in [-0.15, -0.1) is 0 Å². The molecule has 0 spiro atoms. The molecular weight excluding hydrogens is 276 g/mol. The number of likely N-dealkylation sites (tertiary alicyclic amines) is 1. The number of carbonyl (C=O) groups is 1. The Labute approximate surface area is 123 Å². The largest absolute Gasteiger partial charge is 0.481 e. The molecule has 0 aromatic heterocycles. The van der Waals surface area contributed by atoms with Gasteiger partial charge < -0.3 is 10.0 Å². The molecule has 3 nitrogen and oxygen atoms in total. The number of carboxylic acids is 1. The molecule has 1 aromatic carbocycles. The highest BCUT2D eigenvalue weighted by Gasteiger charge is 2.20. The Kier molecular flexibility index (Phi) is 5.67. The second-order valence-corrected chi connectivity index (χ2v) is 5.74. The summed E-state index contributed by atoms with van der Waals surface area (Å²) in [6, 6.07) is 4.06. The smallest absolute Gasteiger partial charge is 0.304 e. The van der Waals surface area contributed by atoms with E-state index in [1.807, 2.05) is 0 Å². The summed E-state index contributed by atoms with van der Waals surface area (Å²) in [5, 5.41) is 8.72. The number of nitrogens with zero attached hydrogens (tertiary/aromatic N) is 1. The fourth-order valence-electron chi connectivity index (χ4n) is 2.91. The molecule has 0 bridgehead atoms. The van der Waals surface area contributed by atoms with E-state index in [9.17, 15) is 13.6 Å². The Morgan fingerprint density at radius 1 is 1.33 bits per heavy atom. The van der Waals surface area contributed by atoms with E-state index >= 15 is 0 Å². The highest BCUT2D eigenvalue weighted by molar-refractivity contribution is 5.66. The Bertz CT molecular complexity index is 493. The molecule has 0 radical (unpaired) electrons. The minimum absolute atomic E-state index is 0.176. The van der Waals surface area contributed by atoms with Crippen molar-refractivity contribution < 1.29 is 18.7 Å². The summed E-state index contributed by atoms with van der Waals surface area (Å²) in [5.41, 5.74) is 0.816. The van der Waals surface area contributed by atoms with E-state index in [0.717, 1.165) is 44.3 Å². The molecule has 1 N–H and O–H groups in total. The van der Waals surface area contributed by atoms with Gasteiger partial charge in [0.15, 0.2) is 11.6 Å². The summed E-state index contributed by atoms with van der Waals surface area (Å²) in [6.07, 6.45) is 4.02. The Hall–Kier alpha value is -1.49. The summed E-state index contributed by atoms with van der Waals surface area (Å²) >= 11 is 0. The normalized spacial score (nSPS) is 19.6. The van der Waals surface area contributed by atoms with Crippen LogP contribution in [0.25, 0.3) is 0 Å². The van der Waals surface area contributed by atoms with Gasteiger partial charge in [0.1, 0.15) is 0 Å². The number of hydrogen-bond donors (Lipinski definition) is 1. The van der Waals surface area contributed by atoms with E-state index < -0.39 is 17.6 Å². The van der Waals surface area contributed by atoms with Gasteiger partial charge in [0.25, 0.3) is 0 Å². The van der Waals surface area contributed by atoms with Gasteiger partial charge in [0, 0.05) is 13.1 Å². The molecular formula is C16H21F2NO2. The van der Waals surface area contributed by atoms with Crippen LogP contribution in [-0.2, 0) is 11.2 Å². The number of halogens is 2. The van der Waals surface area contributed by atoms with Gasteiger partial charge in [-0.05, 0) is 55.8 Å². The fourth-order valence-corrected chi connectivity index (χ4v) is 2.91. The van der Waals surface area contributed by atoms with Crippen molar-refractivity contribution in [3.8, 4) is 0 Å². The summed E-state index contributed by atoms with van der Waals surface area (Å²) < 4.78 is 26.0. The van der Waals surface area contributed by atoms with Crippen molar-refractivity contribution in [3.05, 3.63) is 35.4 Å². The van der Waals surface area contributed by atoms with Crippen LogP contribution in [0.4, 0.5) is 8.78 Å². The maximum absolute atomic E-state index is 13.1. The van der Waals surface area contributed by atoms with Crippen molar-refractivity contribution >= 4 is 5.97 Å². The first-order chi connectivity index (χ1) is 10.0. The monoisotopic (exact) mass is 297 g/mol. The summed E-state index contributed by atoms with van der Waals surface area (Å²) in [7, 11) is 0. The molecule has 0 saturated carbocycles. The topological polar surface area (TPSA) is 40.5 Å². The van der Waals surface area contributed by atoms with Crippen LogP contribution in [0.3, 0.4) is 0 Å². The molecule has 1 saturated heterocycles. The number of aryl methyl sites for hydroxylation is 1. The second-order valence-electron chi connectivity index (χ2n) is 5.74. The van der Waals surface area contributed by atoms with Crippen molar-refractivity contribution in [2.75, 3.05) is 19.6 Å². The quantitative estimate of drug-likeness (QED) is 0.877. The fraction of sp³-hybridized carbons (Fsp3) is 0.562. The third kappa shape index (κ3) is 5.08. The Balaban J connectivity index is 1.79. The van der Waals surface area contributed by atoms with Gasteiger partial charge in [0.05, 0.1) is 6.42 Å². The number of piperidine rings is 1. The molecule has 0 aliphatic carbocycles. The lowest BCUT2D eigenvalue weighted by Gasteiger charge is -2.32. The molecule has 0 amide bonds. The lowest BCUT2D eigenvalue weighted by molar-refractivity contribution is -0.137. The molecule has 1 atom stereocenters. The highest BCUT2D eigenvalue weighted by Crippen LogP contribution is 2.22. The number of aliphatic carboxylic acids is 1. The summed E-state index contributed by atoms with van der Waals surface area (Å²) in [5.74, 6) is -1.87. The summed E-state index contributed by atoms with van der Waals surface area (Å²) in [6.45, 7) is 2.45. The van der Waals surface area contributed by atoms with E-state index in [4.69, 9.17) is 5.11 Å². The molecule has 21 heavy (non-hydrogen) atoms. The second kappa shape index (κ2) is 7.50. The Morgan fingerprint density at radius 3 is 2.86 bits per heavy atom. The van der Waals surface area contributed by atoms with Gasteiger partial charge in [-0.3, -0.25) is 4.79 Å². The maximum Gasteiger partial charge on any atom is 0.304 e. The maximum atomic E-state index is 13.1. The van der Waals surface area contributed by atoms with E-state index in [2.05, 4.69) is 4.90 Å². The zero-order valence-corrected chi connectivity index (χ0v) is 12.0. The van der Waals surface area contributed by atoms with Crippen LogP contribution < -0.4 is 0 Å². The van der Waals surface area contributed by atoms with E-state index in [1.165, 1.54) is 12.1 Å². The molecule has 2 rings (SSSR count). The van der Waals surface area contributed by atoms with Crippen LogP contribution in [0, 0.1) is 17.6 Å². The number of rotatable bonds is 6. The van der Waals surface area contributed by atoms with Crippen LogP contribution >= 0.6 is 0 Å². The lowest BCUT2D eigenvalue weighted by Crippen LogP contribution is -2.36. The minimum atomic E-state index is -0.809. The predicted molar refractivity (Wildman–Crippen MR) is 76.1 cm³/mol. The molecule has 0 unspecified atom stereocenters. The average Bonchev–Trinajstić information content (AvgIpc) is 2.47. The van der Waals surface area contributed by atoms with Gasteiger partial charge in [-0.1, -0.05) is 6.07 Å². The van der Waals surface area contributed by atoms with Crippen LogP contribution in [0.1, 0.15) is 31.2 Å². The zero-order chi connectivity index (χ0) is 15.2. The van der Waals surface area contributed by atoms with Crippen LogP contribution in [0.5, 0.6) is 0 Å². The van der Waals surface area contributed by atoms with E-state index in [1.54, 1.807) is 6.07 Å². The number of carboxylic acid groups (broad SMARTS) is 1. The zero-order valence-electron chi connectivity index (χ0n) is 12.0. The third-order valence-corrected chi connectivity index (χ3v) is 4.07. The average molecular weight is 297 g/mol. The predicted octanol–water partition coefficient (Wildman–Crippen LogP) is 3.08. The Morgan fingerprint density at radius 2 is 2.14 bits per heavy atom. The molecule has 116 valence electrons. The first kappa shape index (κ1) is 15.9. The molecule has 1 aliphatic rings. The van der Waals surface area contributed by atoms with Crippen molar-refractivity contribution in [1.82, 2.24) is 4.90 Å². The van der Waals surface area contributed by atoms with Crippen LogP contribution in [0.15, 0.2) is 18.2 Å². The molecule has 1 aliphatic heterocycles. The SMILES string of the molecule is O=C(O)CCN1CCC[C@@H](CCc2ccc(F)c(F)c2)C1. The van der Waals surface area contributed by atoms with Crippen molar-refractivity contribution in [1.29, 1.82) is 0 Å². The first-order valence-corrected chi connectivity index (χ1v) is 7.42. The standard InChI is InChI=1S/C16H21F2NO2/c17-14-6-5-12(10-15(14)18)3-4-13-2-1-8-19(11-13)9-7-16(20)21/h5-6,10,13H,1-4,7-9,11H2,(H,20,21)/t13-/m0/s1. The molecule has 5 heteroatoms. The molecule has 1 heterocycles. The lowest BCUT2D eigenvalue weighted by atomic mass is 9.91. The van der Waals surface area contributed by atoms with Crippen LogP contribution in [0.2, 0.25) is 0 Å². The molecule has 1 fully saturated rings. The highest BCUT2D eigenvalue weighted by atomic mass is 19.2. The number of benzene rings is 1. The van der Waals surface area contributed by atoms with Gasteiger partial charge in [-0.25, -0.2) is 8.78 Å².